The maximum Gasteiger partial charge on any atom is 0.321 e. The number of ether oxygens (including phenoxy) is 1. The van der Waals surface area contributed by atoms with Crippen LogP contribution in [0.1, 0.15) is 24.8 Å². The van der Waals surface area contributed by atoms with Crippen LogP contribution in [0.5, 0.6) is 0 Å². The number of fused-ring (bicyclic) bond motifs is 1. The molecule has 2 amide bonds. The molecule has 1 aliphatic carbocycles. The highest BCUT2D eigenvalue weighted by atomic mass is 16.5. The van der Waals surface area contributed by atoms with Gasteiger partial charge in [0.25, 0.3) is 0 Å². The number of para-hydroxylation sites is 1. The second kappa shape index (κ2) is 6.27. The second-order valence-electron chi connectivity index (χ2n) is 5.63. The van der Waals surface area contributed by atoms with E-state index < -0.39 is 0 Å². The molecule has 0 unspecified atom stereocenters. The lowest BCUT2D eigenvalue weighted by Gasteiger charge is -2.18. The number of amides is 2. The average molecular weight is 274 g/mol. The van der Waals surface area contributed by atoms with Crippen molar-refractivity contribution in [1.29, 1.82) is 0 Å². The fraction of sp³-hybridized carbons (Fsp3) is 0.562. The van der Waals surface area contributed by atoms with Gasteiger partial charge in [-0.15, -0.1) is 0 Å². The molecule has 20 heavy (non-hydrogen) atoms. The number of rotatable bonds is 6. The molecule has 4 heteroatoms. The van der Waals surface area contributed by atoms with Crippen LogP contribution < -0.4 is 10.2 Å². The zero-order valence-electron chi connectivity index (χ0n) is 11.8. The van der Waals surface area contributed by atoms with Crippen LogP contribution in [0.2, 0.25) is 0 Å². The van der Waals surface area contributed by atoms with Gasteiger partial charge in [-0.05, 0) is 43.2 Å². The van der Waals surface area contributed by atoms with Crippen molar-refractivity contribution in [2.24, 2.45) is 5.92 Å². The first-order valence-electron chi connectivity index (χ1n) is 7.55. The minimum absolute atomic E-state index is 0.0112. The number of nitrogens with zero attached hydrogens (tertiary/aromatic N) is 1. The topological polar surface area (TPSA) is 41.6 Å². The van der Waals surface area contributed by atoms with Crippen molar-refractivity contribution in [3.8, 4) is 0 Å². The SMILES string of the molecule is O=C(NCCCOCC1CC1)N1CCc2ccccc21. The molecule has 1 N–H and O–H groups in total. The summed E-state index contributed by atoms with van der Waals surface area (Å²) < 4.78 is 5.56. The third-order valence-electron chi connectivity index (χ3n) is 3.92. The molecule has 108 valence electrons. The van der Waals surface area contributed by atoms with Crippen molar-refractivity contribution in [1.82, 2.24) is 5.32 Å². The first-order valence-corrected chi connectivity index (χ1v) is 7.55. The predicted molar refractivity (Wildman–Crippen MR) is 79.1 cm³/mol. The van der Waals surface area contributed by atoms with Gasteiger partial charge >= 0.3 is 6.03 Å². The third kappa shape index (κ3) is 3.31. The molecule has 1 heterocycles. The van der Waals surface area contributed by atoms with Crippen LogP contribution in [0.25, 0.3) is 0 Å². The van der Waals surface area contributed by atoms with Crippen molar-refractivity contribution >= 4 is 11.7 Å². The van der Waals surface area contributed by atoms with Gasteiger partial charge in [0.05, 0.1) is 0 Å². The molecule has 1 aromatic rings. The van der Waals surface area contributed by atoms with E-state index in [9.17, 15) is 4.79 Å². The molecule has 0 bridgehead atoms. The van der Waals surface area contributed by atoms with Gasteiger partial charge in [-0.2, -0.15) is 0 Å². The zero-order valence-corrected chi connectivity index (χ0v) is 11.8. The Bertz CT molecular complexity index is 471. The molecule has 4 nitrogen and oxygen atoms in total. The Labute approximate surface area is 120 Å². The Balaban J connectivity index is 1.37. The van der Waals surface area contributed by atoms with Crippen molar-refractivity contribution in [3.63, 3.8) is 0 Å². The molecule has 0 spiro atoms. The summed E-state index contributed by atoms with van der Waals surface area (Å²) >= 11 is 0. The minimum atomic E-state index is 0.0112. The number of hydrogen-bond donors (Lipinski definition) is 1. The fourth-order valence-electron chi connectivity index (χ4n) is 2.55. The molecule has 0 aromatic heterocycles. The van der Waals surface area contributed by atoms with Gasteiger partial charge in [-0.1, -0.05) is 18.2 Å². The summed E-state index contributed by atoms with van der Waals surface area (Å²) in [5, 5.41) is 2.98. The zero-order chi connectivity index (χ0) is 13.8. The molecule has 0 saturated heterocycles. The number of urea groups is 1. The molecule has 1 saturated carbocycles. The summed E-state index contributed by atoms with van der Waals surface area (Å²) in [5.41, 5.74) is 2.31. The van der Waals surface area contributed by atoms with Crippen LogP contribution in [-0.2, 0) is 11.2 Å². The minimum Gasteiger partial charge on any atom is -0.381 e. The number of anilines is 1. The predicted octanol–water partition coefficient (Wildman–Crippen LogP) is 2.58. The average Bonchev–Trinajstić information content (AvgIpc) is 3.19. The van der Waals surface area contributed by atoms with Crippen LogP contribution >= 0.6 is 0 Å². The van der Waals surface area contributed by atoms with Crippen molar-refractivity contribution in [2.45, 2.75) is 25.7 Å². The quantitative estimate of drug-likeness (QED) is 0.810. The Morgan fingerprint density at radius 3 is 3.05 bits per heavy atom. The van der Waals surface area contributed by atoms with Gasteiger partial charge in [0.15, 0.2) is 0 Å². The first kappa shape index (κ1) is 13.4. The summed E-state index contributed by atoms with van der Waals surface area (Å²) in [4.78, 5) is 14.0. The molecular weight excluding hydrogens is 252 g/mol. The molecule has 1 aliphatic heterocycles. The van der Waals surface area contributed by atoms with E-state index in [1.165, 1.54) is 18.4 Å². The summed E-state index contributed by atoms with van der Waals surface area (Å²) in [5.74, 6) is 0.811. The van der Waals surface area contributed by atoms with Gasteiger partial charge in [-0.3, -0.25) is 4.90 Å². The van der Waals surface area contributed by atoms with E-state index in [1.54, 1.807) is 0 Å². The lowest BCUT2D eigenvalue weighted by atomic mass is 10.2. The number of hydrogen-bond acceptors (Lipinski definition) is 2. The Morgan fingerprint density at radius 1 is 1.35 bits per heavy atom. The van der Waals surface area contributed by atoms with Crippen molar-refractivity contribution < 1.29 is 9.53 Å². The lowest BCUT2D eigenvalue weighted by Crippen LogP contribution is -2.39. The van der Waals surface area contributed by atoms with E-state index in [1.807, 2.05) is 23.1 Å². The van der Waals surface area contributed by atoms with E-state index in [4.69, 9.17) is 4.74 Å². The van der Waals surface area contributed by atoms with E-state index in [0.29, 0.717) is 6.54 Å². The standard InChI is InChI=1S/C16H22N2O2/c19-16(17-9-3-11-20-12-13-6-7-13)18-10-8-14-4-1-2-5-15(14)18/h1-2,4-5,13H,3,6-12H2,(H,17,19). The first-order chi connectivity index (χ1) is 9.84. The van der Waals surface area contributed by atoms with Gasteiger partial charge in [0.1, 0.15) is 0 Å². The van der Waals surface area contributed by atoms with Crippen LogP contribution in [0.15, 0.2) is 24.3 Å². The maximum absolute atomic E-state index is 12.1. The number of carbonyl (C=O) groups is 1. The van der Waals surface area contributed by atoms with E-state index >= 15 is 0 Å². The van der Waals surface area contributed by atoms with Gasteiger partial charge in [0.2, 0.25) is 0 Å². The van der Waals surface area contributed by atoms with Gasteiger partial charge in [0, 0.05) is 32.0 Å². The highest BCUT2D eigenvalue weighted by Gasteiger charge is 2.23. The van der Waals surface area contributed by atoms with Crippen LogP contribution in [-0.4, -0.2) is 32.3 Å². The van der Waals surface area contributed by atoms with Crippen LogP contribution in [0.4, 0.5) is 10.5 Å². The molecule has 3 rings (SSSR count). The van der Waals surface area contributed by atoms with Gasteiger partial charge < -0.3 is 10.1 Å². The summed E-state index contributed by atoms with van der Waals surface area (Å²) in [6.07, 6.45) is 4.48. The molecule has 0 atom stereocenters. The van der Waals surface area contributed by atoms with Crippen molar-refractivity contribution in [2.75, 3.05) is 31.2 Å². The van der Waals surface area contributed by atoms with Crippen LogP contribution in [0, 0.1) is 5.92 Å². The smallest absolute Gasteiger partial charge is 0.321 e. The van der Waals surface area contributed by atoms with E-state index in [-0.39, 0.29) is 6.03 Å². The summed E-state index contributed by atoms with van der Waals surface area (Å²) in [7, 11) is 0. The monoisotopic (exact) mass is 274 g/mol. The molecule has 0 radical (unpaired) electrons. The highest BCUT2D eigenvalue weighted by molar-refractivity contribution is 5.94. The lowest BCUT2D eigenvalue weighted by molar-refractivity contribution is 0.122. The Morgan fingerprint density at radius 2 is 2.20 bits per heavy atom. The normalized spacial score (nSPS) is 17.1. The largest absolute Gasteiger partial charge is 0.381 e. The number of benzene rings is 1. The summed E-state index contributed by atoms with van der Waals surface area (Å²) in [6.45, 7) is 3.10. The molecule has 1 aromatic carbocycles. The molecule has 2 aliphatic rings. The van der Waals surface area contributed by atoms with Crippen LogP contribution in [0.3, 0.4) is 0 Å². The van der Waals surface area contributed by atoms with E-state index in [2.05, 4.69) is 11.4 Å². The van der Waals surface area contributed by atoms with E-state index in [0.717, 1.165) is 44.2 Å². The molecule has 1 fully saturated rings. The number of carbonyl (C=O) groups excluding carboxylic acids is 1. The highest BCUT2D eigenvalue weighted by Crippen LogP contribution is 2.29. The third-order valence-corrected chi connectivity index (χ3v) is 3.92. The van der Waals surface area contributed by atoms with Crippen molar-refractivity contribution in [3.05, 3.63) is 29.8 Å². The maximum atomic E-state index is 12.1. The van der Waals surface area contributed by atoms with Gasteiger partial charge in [-0.25, -0.2) is 4.79 Å². The molecular formula is C16H22N2O2. The second-order valence-corrected chi connectivity index (χ2v) is 5.63. The fourth-order valence-corrected chi connectivity index (χ4v) is 2.55. The number of nitrogens with one attached hydrogen (secondary N) is 1. The Hall–Kier alpha value is -1.55. The summed E-state index contributed by atoms with van der Waals surface area (Å²) in [6, 6.07) is 8.12. The Kier molecular flexibility index (Phi) is 4.21.